The van der Waals surface area contributed by atoms with Crippen LogP contribution in [0.15, 0.2) is 18.2 Å². The molecule has 0 aliphatic carbocycles. The molecular weight excluding hydrogens is 324 g/mol. The highest BCUT2D eigenvalue weighted by molar-refractivity contribution is 6.02. The van der Waals surface area contributed by atoms with Crippen molar-refractivity contribution in [2.24, 2.45) is 0 Å². The first-order chi connectivity index (χ1) is 12.0. The minimum absolute atomic E-state index is 0.0552. The van der Waals surface area contributed by atoms with Crippen molar-refractivity contribution in [2.75, 3.05) is 31.1 Å². The van der Waals surface area contributed by atoms with Crippen LogP contribution in [0, 0.1) is 5.21 Å². The van der Waals surface area contributed by atoms with Crippen molar-refractivity contribution < 1.29 is 19.0 Å². The standard InChI is InChI=1S/C17H20N4O4/c22-15-4-3-14(16(23)19-15)21(25)10-11-9-12(1-2-13(11)17(21)24)20-7-5-18-6-8-20/h1-2,9,14,18H,3-8,10H2,(H,19,22,23). The molecule has 1 aromatic rings. The largest absolute Gasteiger partial charge is 0.624 e. The number of hydroxylamine groups is 3. The van der Waals surface area contributed by atoms with Crippen LogP contribution in [0.1, 0.15) is 28.8 Å². The molecule has 3 amide bonds. The number of benzene rings is 1. The van der Waals surface area contributed by atoms with Crippen molar-refractivity contribution >= 4 is 23.4 Å². The second kappa shape index (κ2) is 5.91. The SMILES string of the molecule is O=C1CCC([N+]2([O-])Cc3cc(N4CCNCC4)ccc3C2=O)C(=O)N1. The Hall–Kier alpha value is -2.29. The van der Waals surface area contributed by atoms with E-state index in [9.17, 15) is 19.6 Å². The van der Waals surface area contributed by atoms with E-state index in [1.54, 1.807) is 6.07 Å². The fourth-order valence-corrected chi connectivity index (χ4v) is 3.90. The fraction of sp³-hybridized carbons (Fsp3) is 0.471. The number of carbonyl (C=O) groups excluding carboxylic acids is 3. The van der Waals surface area contributed by atoms with Gasteiger partial charge in [0.2, 0.25) is 5.91 Å². The lowest BCUT2D eigenvalue weighted by Gasteiger charge is -2.42. The maximum atomic E-state index is 13.2. The summed E-state index contributed by atoms with van der Waals surface area (Å²) in [6.07, 6.45) is 0.201. The summed E-state index contributed by atoms with van der Waals surface area (Å²) in [6, 6.07) is 4.39. The highest BCUT2D eigenvalue weighted by atomic mass is 16.6. The number of piperazine rings is 1. The molecule has 0 aromatic heterocycles. The predicted octanol–water partition coefficient (Wildman–Crippen LogP) is -0.130. The van der Waals surface area contributed by atoms with Crippen molar-refractivity contribution in [1.29, 1.82) is 0 Å². The Morgan fingerprint density at radius 2 is 1.92 bits per heavy atom. The van der Waals surface area contributed by atoms with E-state index in [0.29, 0.717) is 11.1 Å². The first-order valence-electron chi connectivity index (χ1n) is 8.55. The van der Waals surface area contributed by atoms with Crippen LogP contribution in [-0.2, 0) is 16.1 Å². The lowest BCUT2D eigenvalue weighted by Crippen LogP contribution is -2.60. The fourth-order valence-electron chi connectivity index (χ4n) is 3.90. The third kappa shape index (κ3) is 2.62. The lowest BCUT2D eigenvalue weighted by molar-refractivity contribution is -0.825. The number of carbonyl (C=O) groups is 3. The monoisotopic (exact) mass is 344 g/mol. The van der Waals surface area contributed by atoms with Gasteiger partial charge in [-0.1, -0.05) is 0 Å². The zero-order chi connectivity index (χ0) is 17.6. The highest BCUT2D eigenvalue weighted by Crippen LogP contribution is 2.36. The van der Waals surface area contributed by atoms with Gasteiger partial charge in [-0.05, 0) is 18.2 Å². The molecule has 25 heavy (non-hydrogen) atoms. The van der Waals surface area contributed by atoms with E-state index in [4.69, 9.17) is 0 Å². The van der Waals surface area contributed by atoms with Gasteiger partial charge in [-0.2, -0.15) is 0 Å². The minimum Gasteiger partial charge on any atom is -0.624 e. The number of hydrogen-bond donors (Lipinski definition) is 2. The average molecular weight is 344 g/mol. The maximum Gasteiger partial charge on any atom is 0.347 e. The van der Waals surface area contributed by atoms with Crippen molar-refractivity contribution in [3.8, 4) is 0 Å². The Bertz CT molecular complexity index is 759. The lowest BCUT2D eigenvalue weighted by atomic mass is 10.0. The summed E-state index contributed by atoms with van der Waals surface area (Å²) in [5, 5.41) is 18.7. The predicted molar refractivity (Wildman–Crippen MR) is 89.4 cm³/mol. The molecule has 8 heteroatoms. The molecule has 2 atom stereocenters. The second-order valence-corrected chi connectivity index (χ2v) is 6.80. The number of piperidine rings is 1. The molecule has 3 heterocycles. The smallest absolute Gasteiger partial charge is 0.347 e. The van der Waals surface area contributed by atoms with E-state index < -0.39 is 28.4 Å². The molecule has 132 valence electrons. The van der Waals surface area contributed by atoms with Gasteiger partial charge in [0.25, 0.3) is 5.91 Å². The minimum atomic E-state index is -1.22. The Morgan fingerprint density at radius 1 is 1.16 bits per heavy atom. The molecule has 8 nitrogen and oxygen atoms in total. The number of fused-ring (bicyclic) bond motifs is 1. The van der Waals surface area contributed by atoms with Crippen LogP contribution in [0.5, 0.6) is 0 Å². The summed E-state index contributed by atoms with van der Waals surface area (Å²) >= 11 is 0. The molecular formula is C17H20N4O4. The quantitative estimate of drug-likeness (QED) is 0.440. The second-order valence-electron chi connectivity index (χ2n) is 6.80. The van der Waals surface area contributed by atoms with Gasteiger partial charge < -0.3 is 15.4 Å². The number of amides is 3. The van der Waals surface area contributed by atoms with Gasteiger partial charge in [-0.3, -0.25) is 19.6 Å². The number of quaternary nitrogens is 1. The zero-order valence-corrected chi connectivity index (χ0v) is 13.8. The summed E-state index contributed by atoms with van der Waals surface area (Å²) in [4.78, 5) is 38.3. The molecule has 2 unspecified atom stereocenters. The van der Waals surface area contributed by atoms with E-state index in [2.05, 4.69) is 15.5 Å². The van der Waals surface area contributed by atoms with Crippen LogP contribution in [0.25, 0.3) is 0 Å². The molecule has 3 aliphatic heterocycles. The van der Waals surface area contributed by atoms with Crippen molar-refractivity contribution in [2.45, 2.75) is 25.4 Å². The van der Waals surface area contributed by atoms with E-state index >= 15 is 0 Å². The van der Waals surface area contributed by atoms with Gasteiger partial charge >= 0.3 is 5.91 Å². The van der Waals surface area contributed by atoms with Crippen LogP contribution >= 0.6 is 0 Å². The van der Waals surface area contributed by atoms with E-state index in [0.717, 1.165) is 31.9 Å². The zero-order valence-electron chi connectivity index (χ0n) is 13.8. The van der Waals surface area contributed by atoms with Crippen LogP contribution in [0.3, 0.4) is 0 Å². The molecule has 0 saturated carbocycles. The van der Waals surface area contributed by atoms with E-state index in [-0.39, 0.29) is 19.4 Å². The van der Waals surface area contributed by atoms with Gasteiger partial charge in [-0.25, -0.2) is 4.79 Å². The molecule has 2 saturated heterocycles. The summed E-state index contributed by atoms with van der Waals surface area (Å²) in [5.74, 6) is -1.62. The van der Waals surface area contributed by atoms with Gasteiger partial charge in [0, 0.05) is 50.3 Å². The number of imide groups is 1. The number of anilines is 1. The first-order valence-corrected chi connectivity index (χ1v) is 8.55. The van der Waals surface area contributed by atoms with Crippen molar-refractivity contribution in [3.05, 3.63) is 34.5 Å². The average Bonchev–Trinajstić information content (AvgIpc) is 2.86. The molecule has 4 rings (SSSR count). The summed E-state index contributed by atoms with van der Waals surface area (Å²) < 4.78 is -1.22. The topological polar surface area (TPSA) is 102 Å². The molecule has 0 spiro atoms. The molecule has 2 N–H and O–H groups in total. The van der Waals surface area contributed by atoms with Gasteiger partial charge in [0.05, 0.1) is 5.56 Å². The van der Waals surface area contributed by atoms with Gasteiger partial charge in [-0.15, -0.1) is 0 Å². The van der Waals surface area contributed by atoms with Crippen LogP contribution < -0.4 is 15.5 Å². The van der Waals surface area contributed by atoms with E-state index in [1.165, 1.54) is 0 Å². The van der Waals surface area contributed by atoms with Gasteiger partial charge in [0.1, 0.15) is 6.54 Å². The third-order valence-corrected chi connectivity index (χ3v) is 5.26. The number of hydrogen-bond acceptors (Lipinski definition) is 6. The number of nitrogens with zero attached hydrogens (tertiary/aromatic N) is 2. The Balaban J connectivity index is 1.62. The Labute approximate surface area is 144 Å². The Kier molecular flexibility index (Phi) is 3.82. The Morgan fingerprint density at radius 3 is 2.64 bits per heavy atom. The molecule has 0 bridgehead atoms. The van der Waals surface area contributed by atoms with Crippen LogP contribution in [0.2, 0.25) is 0 Å². The van der Waals surface area contributed by atoms with Gasteiger partial charge in [0.15, 0.2) is 6.04 Å². The maximum absolute atomic E-state index is 13.2. The first kappa shape index (κ1) is 16.2. The van der Waals surface area contributed by atoms with E-state index in [1.807, 2.05) is 12.1 Å². The number of rotatable bonds is 2. The van der Waals surface area contributed by atoms with Crippen molar-refractivity contribution in [3.63, 3.8) is 0 Å². The van der Waals surface area contributed by atoms with Crippen LogP contribution in [-0.4, -0.2) is 54.6 Å². The molecule has 2 fully saturated rings. The third-order valence-electron chi connectivity index (χ3n) is 5.26. The highest BCUT2D eigenvalue weighted by Gasteiger charge is 2.49. The molecule has 0 radical (unpaired) electrons. The number of nitrogens with one attached hydrogen (secondary N) is 2. The van der Waals surface area contributed by atoms with Crippen molar-refractivity contribution in [1.82, 2.24) is 10.6 Å². The molecule has 1 aromatic carbocycles. The summed E-state index contributed by atoms with van der Waals surface area (Å²) in [6.45, 7) is 3.48. The normalized spacial score (nSPS) is 29.6. The summed E-state index contributed by atoms with van der Waals surface area (Å²) in [7, 11) is 0. The molecule has 3 aliphatic rings. The van der Waals surface area contributed by atoms with Crippen LogP contribution in [0.4, 0.5) is 5.69 Å². The summed E-state index contributed by atoms with van der Waals surface area (Å²) in [5.41, 5.74) is 2.06.